The molecule has 2 atom stereocenters. The van der Waals surface area contributed by atoms with Gasteiger partial charge in [0.1, 0.15) is 17.0 Å². The summed E-state index contributed by atoms with van der Waals surface area (Å²) >= 11 is 0. The number of tetrazole rings is 1. The second kappa shape index (κ2) is 8.47. The standard InChI is InChI=1S/C27H31N7O2/c1-4-6-18-13-22(26(35)34-11-5-7-19-8-10-27(19,34)16-28)33-12-9-17-14-23(36-3)21(15-20(17)24(18)33)25-29-31-32(2)30-25/h13-15,19H,4-12H2,1-3H3. The van der Waals surface area contributed by atoms with Crippen molar-refractivity contribution in [2.24, 2.45) is 13.0 Å². The van der Waals surface area contributed by atoms with E-state index < -0.39 is 5.54 Å². The first-order valence-electron chi connectivity index (χ1n) is 12.9. The lowest BCUT2D eigenvalue weighted by molar-refractivity contribution is -0.0221. The minimum atomic E-state index is -0.629. The summed E-state index contributed by atoms with van der Waals surface area (Å²) in [6, 6.07) is 8.78. The van der Waals surface area contributed by atoms with Crippen LogP contribution in [0.15, 0.2) is 18.2 Å². The maximum absolute atomic E-state index is 14.0. The second-order valence-corrected chi connectivity index (χ2v) is 10.2. The van der Waals surface area contributed by atoms with Gasteiger partial charge in [-0.3, -0.25) is 4.79 Å². The normalized spacial score (nSPS) is 22.2. The van der Waals surface area contributed by atoms with Crippen LogP contribution in [0, 0.1) is 17.2 Å². The molecule has 9 nitrogen and oxygen atoms in total. The Morgan fingerprint density at radius 1 is 1.25 bits per heavy atom. The lowest BCUT2D eigenvalue weighted by Crippen LogP contribution is -2.64. The number of carbonyl (C=O) groups excluding carboxylic acids is 1. The van der Waals surface area contributed by atoms with Gasteiger partial charge in [-0.15, -0.1) is 10.2 Å². The third-order valence-corrected chi connectivity index (χ3v) is 8.35. The van der Waals surface area contributed by atoms with E-state index in [0.717, 1.165) is 79.6 Å². The van der Waals surface area contributed by atoms with Gasteiger partial charge >= 0.3 is 0 Å². The lowest BCUT2D eigenvalue weighted by atomic mass is 9.62. The van der Waals surface area contributed by atoms with Crippen LogP contribution in [0.1, 0.15) is 60.6 Å². The SMILES string of the molecule is CCCc1cc(C(=O)N2CCCC3CCC32C#N)n2c1-c1cc(-c3nnn(C)n3)c(OC)cc1CC2. The van der Waals surface area contributed by atoms with Crippen molar-refractivity contribution in [3.05, 3.63) is 35.0 Å². The third-order valence-electron chi connectivity index (χ3n) is 8.35. The lowest BCUT2D eigenvalue weighted by Gasteiger charge is -2.54. The summed E-state index contributed by atoms with van der Waals surface area (Å²) < 4.78 is 7.88. The Morgan fingerprint density at radius 3 is 2.78 bits per heavy atom. The van der Waals surface area contributed by atoms with E-state index in [4.69, 9.17) is 4.74 Å². The number of ether oxygens (including phenoxy) is 1. The van der Waals surface area contributed by atoms with Crippen LogP contribution in [0.2, 0.25) is 0 Å². The van der Waals surface area contributed by atoms with Gasteiger partial charge in [0.2, 0.25) is 5.82 Å². The van der Waals surface area contributed by atoms with E-state index in [1.54, 1.807) is 14.2 Å². The van der Waals surface area contributed by atoms with E-state index in [1.165, 1.54) is 10.4 Å². The van der Waals surface area contributed by atoms with Crippen molar-refractivity contribution in [1.82, 2.24) is 29.7 Å². The number of nitrogens with zero attached hydrogens (tertiary/aromatic N) is 7. The van der Waals surface area contributed by atoms with Crippen molar-refractivity contribution in [2.75, 3.05) is 13.7 Å². The molecule has 2 aliphatic heterocycles. The molecule has 1 aliphatic carbocycles. The van der Waals surface area contributed by atoms with E-state index in [9.17, 15) is 10.1 Å². The molecule has 1 amide bonds. The second-order valence-electron chi connectivity index (χ2n) is 10.2. The van der Waals surface area contributed by atoms with Crippen LogP contribution in [0.25, 0.3) is 22.6 Å². The zero-order chi connectivity index (χ0) is 25.0. The quantitative estimate of drug-likeness (QED) is 0.545. The number of piperidine rings is 1. The molecule has 2 fully saturated rings. The largest absolute Gasteiger partial charge is 0.496 e. The van der Waals surface area contributed by atoms with Crippen LogP contribution >= 0.6 is 0 Å². The summed E-state index contributed by atoms with van der Waals surface area (Å²) in [5.41, 5.74) is 5.38. The van der Waals surface area contributed by atoms with Crippen molar-refractivity contribution < 1.29 is 9.53 Å². The fourth-order valence-corrected chi connectivity index (χ4v) is 6.49. The summed E-state index contributed by atoms with van der Waals surface area (Å²) in [7, 11) is 3.40. The fraction of sp³-hybridized carbons (Fsp3) is 0.519. The molecule has 186 valence electrons. The predicted molar refractivity (Wildman–Crippen MR) is 133 cm³/mol. The van der Waals surface area contributed by atoms with Gasteiger partial charge in [-0.05, 0) is 79.0 Å². The number of methoxy groups -OCH3 is 1. The number of aromatic nitrogens is 5. The summed E-state index contributed by atoms with van der Waals surface area (Å²) in [6.45, 7) is 3.53. The number of fused-ring (bicyclic) bond motifs is 4. The van der Waals surface area contributed by atoms with Gasteiger partial charge in [0.15, 0.2) is 0 Å². The Bertz CT molecular complexity index is 1400. The smallest absolute Gasteiger partial charge is 0.271 e. The van der Waals surface area contributed by atoms with Crippen molar-refractivity contribution >= 4 is 5.91 Å². The van der Waals surface area contributed by atoms with Crippen molar-refractivity contribution in [3.8, 4) is 34.5 Å². The van der Waals surface area contributed by atoms with Gasteiger partial charge in [-0.25, -0.2) is 0 Å². The van der Waals surface area contributed by atoms with Gasteiger partial charge < -0.3 is 14.2 Å². The van der Waals surface area contributed by atoms with E-state index in [2.05, 4.69) is 51.2 Å². The van der Waals surface area contributed by atoms with Crippen molar-refractivity contribution in [1.29, 1.82) is 5.26 Å². The molecule has 1 aromatic carbocycles. The van der Waals surface area contributed by atoms with E-state index >= 15 is 0 Å². The molecule has 0 spiro atoms. The molecule has 0 bridgehead atoms. The fourth-order valence-electron chi connectivity index (χ4n) is 6.49. The topological polar surface area (TPSA) is 102 Å². The predicted octanol–water partition coefficient (Wildman–Crippen LogP) is 3.77. The van der Waals surface area contributed by atoms with Gasteiger partial charge in [0.25, 0.3) is 5.91 Å². The molecule has 1 saturated heterocycles. The van der Waals surface area contributed by atoms with Gasteiger partial charge in [-0.1, -0.05) is 13.3 Å². The average molecular weight is 486 g/mol. The molecule has 2 aromatic heterocycles. The highest BCUT2D eigenvalue weighted by Crippen LogP contribution is 2.49. The highest BCUT2D eigenvalue weighted by molar-refractivity contribution is 5.96. The summed E-state index contributed by atoms with van der Waals surface area (Å²) in [4.78, 5) is 17.4. The van der Waals surface area contributed by atoms with Gasteiger partial charge in [0, 0.05) is 18.7 Å². The number of amides is 1. The van der Waals surface area contributed by atoms with Crippen molar-refractivity contribution in [2.45, 2.75) is 64.0 Å². The number of hydrogen-bond donors (Lipinski definition) is 0. The van der Waals surface area contributed by atoms with E-state index in [-0.39, 0.29) is 5.91 Å². The number of aryl methyl sites for hydroxylation is 3. The summed E-state index contributed by atoms with van der Waals surface area (Å²) in [5, 5.41) is 22.7. The summed E-state index contributed by atoms with van der Waals surface area (Å²) in [5.74, 6) is 1.53. The highest BCUT2D eigenvalue weighted by Gasteiger charge is 2.55. The van der Waals surface area contributed by atoms with Crippen LogP contribution in [0.4, 0.5) is 0 Å². The number of hydrogen-bond acceptors (Lipinski definition) is 6. The number of rotatable bonds is 5. The molecule has 1 saturated carbocycles. The Labute approximate surface area is 210 Å². The van der Waals surface area contributed by atoms with E-state index in [1.807, 2.05) is 4.90 Å². The average Bonchev–Trinajstić information content (AvgIpc) is 3.47. The first-order valence-corrected chi connectivity index (χ1v) is 12.9. The molecule has 0 N–H and O–H groups in total. The van der Waals surface area contributed by atoms with Crippen molar-refractivity contribution in [3.63, 3.8) is 0 Å². The van der Waals surface area contributed by atoms with E-state index in [0.29, 0.717) is 24.0 Å². The van der Waals surface area contributed by atoms with Crippen LogP contribution in [-0.2, 0) is 26.4 Å². The molecular weight excluding hydrogens is 454 g/mol. The molecule has 36 heavy (non-hydrogen) atoms. The first kappa shape index (κ1) is 22.8. The van der Waals surface area contributed by atoms with Crippen LogP contribution in [0.5, 0.6) is 5.75 Å². The Kier molecular flexibility index (Phi) is 5.36. The third kappa shape index (κ3) is 3.20. The number of carbonyl (C=O) groups is 1. The number of nitriles is 1. The van der Waals surface area contributed by atoms with Gasteiger partial charge in [-0.2, -0.15) is 10.1 Å². The molecule has 3 aliphatic rings. The molecule has 4 heterocycles. The highest BCUT2D eigenvalue weighted by atomic mass is 16.5. The maximum atomic E-state index is 14.0. The summed E-state index contributed by atoms with van der Waals surface area (Å²) in [6.07, 6.45) is 6.47. The van der Waals surface area contributed by atoms with Crippen LogP contribution in [-0.4, -0.2) is 54.8 Å². The molecule has 2 unspecified atom stereocenters. The molecule has 9 heteroatoms. The number of benzene rings is 1. The zero-order valence-corrected chi connectivity index (χ0v) is 21.1. The maximum Gasteiger partial charge on any atom is 0.271 e. The minimum absolute atomic E-state index is 0.00247. The molecule has 6 rings (SSSR count). The van der Waals surface area contributed by atoms with Crippen LogP contribution in [0.3, 0.4) is 0 Å². The molecule has 3 aromatic rings. The first-order chi connectivity index (χ1) is 17.5. The van der Waals surface area contributed by atoms with Crippen LogP contribution < -0.4 is 4.74 Å². The Hall–Kier alpha value is -3.67. The number of likely N-dealkylation sites (tertiary alicyclic amines) is 1. The Morgan fingerprint density at radius 2 is 2.11 bits per heavy atom. The minimum Gasteiger partial charge on any atom is -0.496 e. The Balaban J connectivity index is 1.48. The zero-order valence-electron chi connectivity index (χ0n) is 21.1. The monoisotopic (exact) mass is 485 g/mol. The molecule has 0 radical (unpaired) electrons. The van der Waals surface area contributed by atoms with Gasteiger partial charge in [0.05, 0.1) is 31.5 Å². The molecular formula is C27H31N7O2.